The Labute approximate surface area is 702 Å². The number of hydrogen-bond donors (Lipinski definition) is 4. The van der Waals surface area contributed by atoms with Crippen LogP contribution in [0, 0.1) is 0 Å². The second kappa shape index (κ2) is 42.6. The molecule has 9 aliphatic heterocycles. The summed E-state index contributed by atoms with van der Waals surface area (Å²) >= 11 is 3.57. The van der Waals surface area contributed by atoms with Crippen LogP contribution in [0.2, 0.25) is 6.82 Å². The molecule has 17 nitrogen and oxygen atoms in total. The van der Waals surface area contributed by atoms with Crippen molar-refractivity contribution in [2.45, 2.75) is 319 Å². The summed E-state index contributed by atoms with van der Waals surface area (Å²) in [6.45, 7) is 31.0. The van der Waals surface area contributed by atoms with Gasteiger partial charge in [0, 0.05) is 155 Å². The van der Waals surface area contributed by atoms with Gasteiger partial charge in [-0.15, -0.1) is 0 Å². The Hall–Kier alpha value is -5.14. The molecule has 5 saturated heterocycles. The topological polar surface area (TPSA) is 178 Å². The Morgan fingerprint density at radius 1 is 0.448 bits per heavy atom. The number of nitrogens with one attached hydrogen (secondary N) is 1. The maximum Gasteiger partial charge on any atom is 0.410 e. The summed E-state index contributed by atoms with van der Waals surface area (Å²) < 4.78 is 43.6. The number of epoxide rings is 1. The molecule has 4 aliphatic carbocycles. The monoisotopic (exact) mass is 1670 g/mol. The van der Waals surface area contributed by atoms with Crippen LogP contribution in [0.4, 0.5) is 23.1 Å². The van der Waals surface area contributed by atoms with Crippen LogP contribution in [0.5, 0.6) is 0 Å². The lowest BCUT2D eigenvalue weighted by atomic mass is 9.84. The fourth-order valence-electron chi connectivity index (χ4n) is 19.1. The maximum absolute atomic E-state index is 12.3. The van der Waals surface area contributed by atoms with Crippen molar-refractivity contribution in [2.24, 2.45) is 0 Å². The number of rotatable bonds is 11. The molecule has 0 atom stereocenters. The highest BCUT2D eigenvalue weighted by Gasteiger charge is 2.48. The van der Waals surface area contributed by atoms with Crippen molar-refractivity contribution in [3.05, 3.63) is 138 Å². The van der Waals surface area contributed by atoms with Crippen molar-refractivity contribution < 1.29 is 57.4 Å². The van der Waals surface area contributed by atoms with E-state index in [1.807, 2.05) is 53.4 Å². The van der Waals surface area contributed by atoms with E-state index in [1.54, 1.807) is 20.9 Å². The molecule has 17 rings (SSSR count). The number of piperidine rings is 4. The normalized spacial score (nSPS) is 22.7. The van der Waals surface area contributed by atoms with E-state index in [2.05, 4.69) is 114 Å². The minimum Gasteiger partial charge on any atom is -0.444 e. The van der Waals surface area contributed by atoms with Gasteiger partial charge in [0.1, 0.15) is 11.2 Å². The number of amides is 3. The van der Waals surface area contributed by atoms with Crippen LogP contribution < -0.4 is 5.32 Å². The van der Waals surface area contributed by atoms with Crippen molar-refractivity contribution >= 4 is 41.6 Å². The molecule has 4 N–H and O–H groups in total. The largest absolute Gasteiger partial charge is 0.444 e. The quantitative estimate of drug-likeness (QED) is 0.0824. The number of carbonyl (C=O) groups is 3. The van der Waals surface area contributed by atoms with Gasteiger partial charge in [0.05, 0.1) is 29.0 Å². The van der Waals surface area contributed by atoms with Gasteiger partial charge < -0.3 is 53.9 Å². The average Bonchev–Trinajstić information content (AvgIpc) is 1.67. The van der Waals surface area contributed by atoms with E-state index >= 15 is 0 Å². The molecule has 0 bridgehead atoms. The van der Waals surface area contributed by atoms with Gasteiger partial charge in [-0.25, -0.2) is 9.59 Å². The highest BCUT2D eigenvalue weighted by molar-refractivity contribution is 9.10. The van der Waals surface area contributed by atoms with E-state index in [4.69, 9.17) is 23.4 Å². The van der Waals surface area contributed by atoms with Gasteiger partial charge in [-0.05, 0) is 282 Å². The minimum atomic E-state index is -0.741. The molecule has 22 heteroatoms. The zero-order chi connectivity index (χ0) is 82.7. The van der Waals surface area contributed by atoms with Gasteiger partial charge in [-0.3, -0.25) is 24.4 Å². The number of carbonyl (C=O) groups excluding carboxylic acids is 3. The van der Waals surface area contributed by atoms with Crippen LogP contribution in [0.1, 0.15) is 245 Å². The molecule has 13 aliphatic rings. The van der Waals surface area contributed by atoms with E-state index in [0.29, 0.717) is 78.7 Å². The molecule has 643 valence electrons. The van der Waals surface area contributed by atoms with E-state index in [0.717, 1.165) is 121 Å². The van der Waals surface area contributed by atoms with Crippen molar-refractivity contribution in [2.75, 3.05) is 111 Å². The average molecular weight is 1680 g/mol. The number of ether oxygens (including phenoxy) is 3. The summed E-state index contributed by atoms with van der Waals surface area (Å²) in [6.07, 6.45) is 34.7. The first-order chi connectivity index (χ1) is 55.6. The molecule has 1 spiro atoms. The molecule has 0 unspecified atom stereocenters. The Kier molecular flexibility index (Phi) is 33.6. The summed E-state index contributed by atoms with van der Waals surface area (Å²) in [5, 5.41) is 36.4. The number of benzene rings is 4. The third-order valence-corrected chi connectivity index (χ3v) is 27.9. The zero-order valence-corrected chi connectivity index (χ0v) is 73.5. The molecular formula is C94H142BBrF3N8O9. The highest BCUT2D eigenvalue weighted by Crippen LogP contribution is 2.40. The van der Waals surface area contributed by atoms with E-state index in [-0.39, 0.29) is 23.7 Å². The highest BCUT2D eigenvalue weighted by atomic mass is 79.9. The second-order valence-corrected chi connectivity index (χ2v) is 38.9. The van der Waals surface area contributed by atoms with Crippen molar-refractivity contribution in [1.29, 1.82) is 0 Å². The second-order valence-electron chi connectivity index (χ2n) is 38.0. The molecule has 4 aromatic rings. The van der Waals surface area contributed by atoms with Gasteiger partial charge in [0.25, 0.3) is 0 Å². The summed E-state index contributed by atoms with van der Waals surface area (Å²) in [7, 11) is 0.500. The van der Waals surface area contributed by atoms with Gasteiger partial charge in [0.2, 0.25) is 5.91 Å². The number of likely N-dealkylation sites (tertiary alicyclic amines) is 3. The molecule has 1 radical (unpaired) electrons. The van der Waals surface area contributed by atoms with Crippen molar-refractivity contribution in [3.8, 4) is 0 Å². The fourth-order valence-corrected chi connectivity index (χ4v) is 19.5. The lowest BCUT2D eigenvalue weighted by Crippen LogP contribution is -2.49. The smallest absolute Gasteiger partial charge is 0.410 e. The first kappa shape index (κ1) is 91.6. The van der Waals surface area contributed by atoms with Crippen molar-refractivity contribution in [3.63, 3.8) is 0 Å². The van der Waals surface area contributed by atoms with Crippen LogP contribution in [0.3, 0.4) is 0 Å². The molecule has 4 aromatic carbocycles. The zero-order valence-electron chi connectivity index (χ0n) is 71.9. The summed E-state index contributed by atoms with van der Waals surface area (Å²) in [5.74, 6) is 0.207. The number of fused-ring (bicyclic) bond motifs is 4. The Morgan fingerprint density at radius 2 is 0.724 bits per heavy atom. The van der Waals surface area contributed by atoms with E-state index < -0.39 is 28.0 Å². The lowest BCUT2D eigenvalue weighted by molar-refractivity contribution is -0.135. The predicted octanol–water partition coefficient (Wildman–Crippen LogP) is 15.8. The summed E-state index contributed by atoms with van der Waals surface area (Å²) in [4.78, 5) is 52.1. The van der Waals surface area contributed by atoms with Crippen LogP contribution >= 0.6 is 15.9 Å². The van der Waals surface area contributed by atoms with Crippen LogP contribution in [-0.2, 0) is 89.6 Å². The van der Waals surface area contributed by atoms with Crippen LogP contribution in [0.25, 0.3) is 0 Å². The van der Waals surface area contributed by atoms with Crippen LogP contribution in [0.15, 0.2) is 77.3 Å². The van der Waals surface area contributed by atoms with Gasteiger partial charge in [-0.2, -0.15) is 0 Å². The van der Waals surface area contributed by atoms with Crippen molar-refractivity contribution in [1.82, 2.24) is 39.6 Å². The fraction of sp³-hybridized carbons (Fsp3) is 0.713. The molecule has 0 aromatic heterocycles. The van der Waals surface area contributed by atoms with E-state index in [9.17, 15) is 34.0 Å². The maximum atomic E-state index is 12.3. The number of aliphatic hydroxyl groups is 3. The van der Waals surface area contributed by atoms with E-state index in [1.165, 1.54) is 210 Å². The summed E-state index contributed by atoms with van der Waals surface area (Å²) in [5.41, 5.74) is 13.2. The third kappa shape index (κ3) is 26.9. The number of nitrogens with zero attached hydrogens (tertiary/aromatic N) is 7. The Morgan fingerprint density at radius 3 is 1.01 bits per heavy atom. The molecule has 4 saturated carbocycles. The lowest BCUT2D eigenvalue weighted by Gasteiger charge is -2.38. The molecule has 9 fully saturated rings. The number of halogens is 4. The SMILES string of the molecule is Brc1ccc2c(c1)CCN(C1CCC1)CC2.CC(C)(C)OC(=O)N1CCC(O)(Cc2ccc3c(c2)CCN(C2CCC2)CC3)CC1.CC(C)(C)OC(=O)N1CCC2(CC1)CO2.CCC(=O)N1CCC(O)(Cc2ccc3c(c2)CCN(C2CCC2)CC3)CC1.C[B]F.FF.OC1(Cc2ccc3c(c2)CCN(C2CCC2)CC3)CCNCC1. The van der Waals surface area contributed by atoms with Crippen LogP contribution in [-0.4, -0.2) is 244 Å². The first-order valence-corrected chi connectivity index (χ1v) is 45.8. The number of hydrogen-bond acceptors (Lipinski definition) is 14. The van der Waals surface area contributed by atoms with Gasteiger partial charge in [0.15, 0.2) is 0 Å². The summed E-state index contributed by atoms with van der Waals surface area (Å²) in [6, 6.07) is 30.9. The van der Waals surface area contributed by atoms with Gasteiger partial charge in [-0.1, -0.05) is 116 Å². The molecule has 9 heterocycles. The minimum absolute atomic E-state index is 0.124. The molecule has 116 heavy (non-hydrogen) atoms. The Bertz CT molecular complexity index is 3750. The van der Waals surface area contributed by atoms with Gasteiger partial charge >= 0.3 is 19.7 Å². The standard InChI is InChI=1S/C25H38N2O3.C23H34N2O2.C20H30N2O.C14H18BrN.C11H19NO3.CH3BF.F2/c1-24(2,3)30-23(28)27-15-11-25(29,12-16-27)18-19-7-8-20-9-13-26(22-5-4-6-22)14-10-21(20)17-19;1-2-22(26)25-14-10-23(27,11-15-25)17-18-6-7-19-8-12-24(21-4-3-5-21)13-9-20(19)16-18;23-20(8-10-21-11-9-20)15-16-4-5-17-6-12-22(19-2-1-3-19)13-7-18(17)14-16;15-13-5-4-11-6-8-16(14-2-1-3-14)9-7-12(11)10-13;1-10(2,3)15-9(13)12-6-4-11(5-7-12)8-14-11;1-2-3;1-2/h7-8,17,22,29H,4-6,9-16,18H2,1-3H3;6-7,16,21,27H,2-5,8-15,17H2,1H3;4-5,14,19,21,23H,1-3,6-13,15H2;4-5,10,14H,1-3,6-9H2;4-8H2,1-3H3;1H3;. The molecule has 3 amide bonds. The predicted molar refractivity (Wildman–Crippen MR) is 462 cm³/mol. The first-order valence-electron chi connectivity index (χ1n) is 45.0. The molecular weight excluding hydrogens is 1530 g/mol. The Balaban J connectivity index is 0.000000143. The third-order valence-electron chi connectivity index (χ3n) is 27.4.